The van der Waals surface area contributed by atoms with Gasteiger partial charge in [-0.2, -0.15) is 9.57 Å². The molecule has 7 nitrogen and oxygen atoms in total. The number of hydrogen-bond acceptors (Lipinski definition) is 5. The van der Waals surface area contributed by atoms with Gasteiger partial charge in [0.2, 0.25) is 10.0 Å². The van der Waals surface area contributed by atoms with Gasteiger partial charge in [-0.3, -0.25) is 0 Å². The molecule has 1 aromatic carbocycles. The lowest BCUT2D eigenvalue weighted by Gasteiger charge is -2.35. The third-order valence-electron chi connectivity index (χ3n) is 4.15. The summed E-state index contributed by atoms with van der Waals surface area (Å²) in [5.74, 6) is 0.779. The summed E-state index contributed by atoms with van der Waals surface area (Å²) in [6.07, 6.45) is 1.60. The second-order valence-corrected chi connectivity index (χ2v) is 8.03. The van der Waals surface area contributed by atoms with E-state index < -0.39 is 10.0 Å². The van der Waals surface area contributed by atoms with Crippen LogP contribution in [-0.2, 0) is 16.6 Å². The highest BCUT2D eigenvalue weighted by Gasteiger charge is 2.30. The van der Waals surface area contributed by atoms with Crippen LogP contribution in [0.15, 0.2) is 52.0 Å². The Morgan fingerprint density at radius 1 is 1.19 bits per heavy atom. The Morgan fingerprint density at radius 2 is 1.92 bits per heavy atom. The number of nitriles is 1. The molecule has 0 spiro atoms. The summed E-state index contributed by atoms with van der Waals surface area (Å²) in [5, 5.41) is 12.8. The number of hydrogen-bond donors (Lipinski definition) is 1. The van der Waals surface area contributed by atoms with Crippen molar-refractivity contribution in [3.05, 3.63) is 54.0 Å². The fourth-order valence-corrected chi connectivity index (χ4v) is 4.56. The zero-order valence-electron chi connectivity index (χ0n) is 14.0. The van der Waals surface area contributed by atoms with Crippen LogP contribution >= 0.6 is 12.2 Å². The van der Waals surface area contributed by atoms with Gasteiger partial charge in [0.15, 0.2) is 5.11 Å². The van der Waals surface area contributed by atoms with Crippen molar-refractivity contribution in [3.63, 3.8) is 0 Å². The molecule has 3 rings (SSSR count). The van der Waals surface area contributed by atoms with Crippen LogP contribution < -0.4 is 5.32 Å². The number of thiocarbonyl (C=S) groups is 1. The maximum Gasteiger partial charge on any atom is 0.244 e. The van der Waals surface area contributed by atoms with Gasteiger partial charge in [0.25, 0.3) is 0 Å². The first-order valence-electron chi connectivity index (χ1n) is 8.07. The van der Waals surface area contributed by atoms with Gasteiger partial charge in [0, 0.05) is 26.2 Å². The molecule has 0 saturated carbocycles. The number of nitrogens with one attached hydrogen (secondary N) is 1. The van der Waals surface area contributed by atoms with Crippen LogP contribution in [0.4, 0.5) is 0 Å². The Hall–Kier alpha value is -2.41. The second-order valence-electron chi connectivity index (χ2n) is 5.74. The summed E-state index contributed by atoms with van der Waals surface area (Å²) in [5.41, 5.74) is 0.158. The lowest BCUT2D eigenvalue weighted by molar-refractivity contribution is 0.263. The van der Waals surface area contributed by atoms with Gasteiger partial charge in [-0.15, -0.1) is 0 Å². The zero-order valence-corrected chi connectivity index (χ0v) is 15.6. The predicted octanol–water partition coefficient (Wildman–Crippen LogP) is 1.53. The Balaban J connectivity index is 1.61. The van der Waals surface area contributed by atoms with E-state index in [-0.39, 0.29) is 10.5 Å². The highest BCUT2D eigenvalue weighted by atomic mass is 32.2. The molecule has 1 aliphatic rings. The minimum Gasteiger partial charge on any atom is -0.467 e. The molecule has 0 atom stereocenters. The molecule has 1 aliphatic heterocycles. The molecule has 1 N–H and O–H groups in total. The van der Waals surface area contributed by atoms with Crippen LogP contribution in [-0.4, -0.2) is 48.9 Å². The van der Waals surface area contributed by atoms with E-state index in [0.717, 1.165) is 5.76 Å². The minimum absolute atomic E-state index is 0.0504. The van der Waals surface area contributed by atoms with Crippen LogP contribution in [0.5, 0.6) is 0 Å². The van der Waals surface area contributed by atoms with Crippen LogP contribution in [0.25, 0.3) is 0 Å². The summed E-state index contributed by atoms with van der Waals surface area (Å²) in [6.45, 7) is 2.07. The quantitative estimate of drug-likeness (QED) is 0.792. The number of rotatable bonds is 4. The first-order valence-corrected chi connectivity index (χ1v) is 9.91. The van der Waals surface area contributed by atoms with Gasteiger partial charge < -0.3 is 14.6 Å². The standard InChI is InChI=1S/C17H18N4O3S2/c18-12-14-4-1-2-6-16(14)26(22,23)21-9-7-20(8-10-21)17(25)19-13-15-5-3-11-24-15/h1-6,11H,7-10,13H2,(H,19,25). The molecule has 2 aromatic rings. The van der Waals surface area contributed by atoms with Gasteiger partial charge in [0.05, 0.1) is 23.3 Å². The van der Waals surface area contributed by atoms with Gasteiger partial charge >= 0.3 is 0 Å². The molecular formula is C17H18N4O3S2. The topological polar surface area (TPSA) is 89.6 Å². The number of nitrogens with zero attached hydrogens (tertiary/aromatic N) is 3. The monoisotopic (exact) mass is 390 g/mol. The Morgan fingerprint density at radius 3 is 2.58 bits per heavy atom. The molecule has 0 bridgehead atoms. The van der Waals surface area contributed by atoms with E-state index in [4.69, 9.17) is 21.9 Å². The van der Waals surface area contributed by atoms with Crippen LogP contribution in [0.3, 0.4) is 0 Å². The molecule has 2 heterocycles. The maximum absolute atomic E-state index is 12.8. The molecule has 136 valence electrons. The third kappa shape index (κ3) is 3.88. The second kappa shape index (κ2) is 7.86. The number of furan rings is 1. The molecule has 1 fully saturated rings. The fourth-order valence-electron chi connectivity index (χ4n) is 2.74. The molecule has 26 heavy (non-hydrogen) atoms. The third-order valence-corrected chi connectivity index (χ3v) is 6.50. The van der Waals surface area contributed by atoms with Crippen molar-refractivity contribution in [1.29, 1.82) is 5.26 Å². The fraction of sp³-hybridized carbons (Fsp3) is 0.294. The van der Waals surface area contributed by atoms with E-state index in [0.29, 0.717) is 37.8 Å². The molecule has 1 aromatic heterocycles. The zero-order chi connectivity index (χ0) is 18.6. The molecule has 9 heteroatoms. The van der Waals surface area contributed by atoms with Crippen LogP contribution in [0.1, 0.15) is 11.3 Å². The summed E-state index contributed by atoms with van der Waals surface area (Å²) in [7, 11) is -3.70. The summed E-state index contributed by atoms with van der Waals surface area (Å²) in [4.78, 5) is 1.98. The molecule has 0 aliphatic carbocycles. The molecular weight excluding hydrogens is 372 g/mol. The first kappa shape index (κ1) is 18.4. The van der Waals surface area contributed by atoms with Crippen molar-refractivity contribution in [3.8, 4) is 6.07 Å². The van der Waals surface area contributed by atoms with Gasteiger partial charge in [0.1, 0.15) is 11.8 Å². The molecule has 0 unspecified atom stereocenters. The molecule has 0 radical (unpaired) electrons. The van der Waals surface area contributed by atoms with E-state index >= 15 is 0 Å². The summed E-state index contributed by atoms with van der Waals surface area (Å²) < 4.78 is 32.3. The smallest absolute Gasteiger partial charge is 0.244 e. The molecule has 1 saturated heterocycles. The number of piperazine rings is 1. The number of benzene rings is 1. The lowest BCUT2D eigenvalue weighted by atomic mass is 10.2. The Bertz CT molecular complexity index is 912. The highest BCUT2D eigenvalue weighted by Crippen LogP contribution is 2.21. The average Bonchev–Trinajstić information content (AvgIpc) is 3.19. The van der Waals surface area contributed by atoms with Crippen molar-refractivity contribution in [2.45, 2.75) is 11.4 Å². The predicted molar refractivity (Wildman–Crippen MR) is 99.6 cm³/mol. The van der Waals surface area contributed by atoms with Gasteiger partial charge in [-0.1, -0.05) is 12.1 Å². The van der Waals surface area contributed by atoms with E-state index in [1.165, 1.54) is 16.4 Å². The lowest BCUT2D eigenvalue weighted by Crippen LogP contribution is -2.52. The summed E-state index contributed by atoms with van der Waals surface area (Å²) >= 11 is 5.37. The van der Waals surface area contributed by atoms with Crippen molar-refractivity contribution in [2.75, 3.05) is 26.2 Å². The first-order chi connectivity index (χ1) is 12.5. The van der Waals surface area contributed by atoms with Crippen molar-refractivity contribution in [2.24, 2.45) is 0 Å². The van der Waals surface area contributed by atoms with Crippen LogP contribution in [0, 0.1) is 11.3 Å². The van der Waals surface area contributed by atoms with Gasteiger partial charge in [-0.05, 0) is 36.5 Å². The summed E-state index contributed by atoms with van der Waals surface area (Å²) in [6, 6.07) is 11.9. The highest BCUT2D eigenvalue weighted by molar-refractivity contribution is 7.89. The minimum atomic E-state index is -3.70. The maximum atomic E-state index is 12.8. The van der Waals surface area contributed by atoms with Crippen LogP contribution in [0.2, 0.25) is 0 Å². The average molecular weight is 390 g/mol. The van der Waals surface area contributed by atoms with Gasteiger partial charge in [-0.25, -0.2) is 8.42 Å². The van der Waals surface area contributed by atoms with E-state index in [9.17, 15) is 8.42 Å². The normalized spacial score (nSPS) is 15.4. The van der Waals surface area contributed by atoms with Crippen molar-refractivity contribution in [1.82, 2.24) is 14.5 Å². The Kier molecular flexibility index (Phi) is 5.56. The van der Waals surface area contributed by atoms with E-state index in [1.807, 2.05) is 23.1 Å². The van der Waals surface area contributed by atoms with E-state index in [1.54, 1.807) is 18.4 Å². The number of sulfonamides is 1. The largest absolute Gasteiger partial charge is 0.467 e. The van der Waals surface area contributed by atoms with Crippen molar-refractivity contribution >= 4 is 27.4 Å². The molecule has 0 amide bonds. The SMILES string of the molecule is N#Cc1ccccc1S(=O)(=O)N1CCN(C(=S)NCc2ccco2)CC1. The van der Waals surface area contributed by atoms with E-state index in [2.05, 4.69) is 5.32 Å². The van der Waals surface area contributed by atoms with Crippen molar-refractivity contribution < 1.29 is 12.8 Å². The Labute approximate surface area is 157 Å².